The molecule has 0 unspecified atom stereocenters. The first-order valence-electron chi connectivity index (χ1n) is 8.97. The monoisotopic (exact) mass is 396 g/mol. The molecule has 2 N–H and O–H groups in total. The van der Waals surface area contributed by atoms with Gasteiger partial charge in [0.15, 0.2) is 9.84 Å². The molecular weight excluding hydrogens is 368 g/mol. The fourth-order valence-electron chi connectivity index (χ4n) is 3.62. The third-order valence-electron chi connectivity index (χ3n) is 5.29. The lowest BCUT2D eigenvalue weighted by molar-refractivity contribution is -0.124. The van der Waals surface area contributed by atoms with Gasteiger partial charge in [0.1, 0.15) is 12.6 Å². The Morgan fingerprint density at radius 2 is 1.67 bits per heavy atom. The molecule has 1 atom stereocenters. The minimum absolute atomic E-state index is 0.103. The van der Waals surface area contributed by atoms with Gasteiger partial charge in [-0.25, -0.2) is 13.2 Å². The van der Waals surface area contributed by atoms with Gasteiger partial charge < -0.3 is 15.4 Å². The Kier molecular flexibility index (Phi) is 5.89. The van der Waals surface area contributed by atoms with E-state index in [-0.39, 0.29) is 6.61 Å². The van der Waals surface area contributed by atoms with E-state index in [1.807, 2.05) is 30.3 Å². The van der Waals surface area contributed by atoms with Gasteiger partial charge in [0.25, 0.3) is 0 Å². The molecule has 1 aliphatic rings. The lowest BCUT2D eigenvalue weighted by Gasteiger charge is -2.56. The topological polar surface area (TPSA) is 102 Å². The van der Waals surface area contributed by atoms with Crippen molar-refractivity contribution in [1.82, 2.24) is 10.6 Å². The molecule has 2 rings (SSSR count). The Balaban J connectivity index is 1.95. The highest BCUT2D eigenvalue weighted by Crippen LogP contribution is 2.48. The number of nitrogens with one attached hydrogen (secondary N) is 2. The normalized spacial score (nSPS) is 20.8. The van der Waals surface area contributed by atoms with Gasteiger partial charge in [0.05, 0.1) is 15.5 Å². The maximum Gasteiger partial charge on any atom is 0.408 e. The lowest BCUT2D eigenvalue weighted by atomic mass is 9.89. The fourth-order valence-corrected chi connectivity index (χ4v) is 6.12. The second kappa shape index (κ2) is 7.50. The molecule has 150 valence electrons. The number of ether oxygens (including phenoxy) is 1. The summed E-state index contributed by atoms with van der Waals surface area (Å²) in [5.41, 5.74) is 0.841. The highest BCUT2D eigenvalue weighted by molar-refractivity contribution is 7.95. The molecule has 8 heteroatoms. The van der Waals surface area contributed by atoms with Gasteiger partial charge in [0, 0.05) is 0 Å². The number of amides is 2. The van der Waals surface area contributed by atoms with E-state index in [1.54, 1.807) is 34.6 Å². The summed E-state index contributed by atoms with van der Waals surface area (Å²) >= 11 is 0. The van der Waals surface area contributed by atoms with Crippen molar-refractivity contribution in [2.75, 3.05) is 0 Å². The van der Waals surface area contributed by atoms with Crippen molar-refractivity contribution in [2.24, 2.45) is 0 Å². The summed E-state index contributed by atoms with van der Waals surface area (Å²) in [6.45, 7) is 8.26. The van der Waals surface area contributed by atoms with Gasteiger partial charge in [-0.2, -0.15) is 0 Å². The Hall–Kier alpha value is -2.09. The summed E-state index contributed by atoms with van der Waals surface area (Å²) in [6.07, 6.45) is -0.340. The van der Waals surface area contributed by atoms with Crippen LogP contribution in [0.5, 0.6) is 0 Å². The molecule has 1 saturated heterocycles. The summed E-state index contributed by atoms with van der Waals surface area (Å²) in [5.74, 6) is -0.421. The fraction of sp³-hybridized carbons (Fsp3) is 0.579. The lowest BCUT2D eigenvalue weighted by Crippen LogP contribution is -2.78. The van der Waals surface area contributed by atoms with Crippen LogP contribution in [0.2, 0.25) is 0 Å². The molecule has 1 heterocycles. The Morgan fingerprint density at radius 3 is 2.19 bits per heavy atom. The van der Waals surface area contributed by atoms with Crippen LogP contribution in [0.3, 0.4) is 0 Å². The molecule has 0 spiro atoms. The minimum Gasteiger partial charge on any atom is -0.445 e. The second-order valence-corrected chi connectivity index (χ2v) is 10.9. The van der Waals surface area contributed by atoms with E-state index in [9.17, 15) is 18.0 Å². The van der Waals surface area contributed by atoms with E-state index in [1.165, 1.54) is 0 Å². The van der Waals surface area contributed by atoms with Crippen molar-refractivity contribution in [1.29, 1.82) is 0 Å². The summed E-state index contributed by atoms with van der Waals surface area (Å²) in [6, 6.07) is 7.87. The molecule has 0 radical (unpaired) electrons. The molecule has 1 fully saturated rings. The predicted molar refractivity (Wildman–Crippen MR) is 103 cm³/mol. The van der Waals surface area contributed by atoms with E-state index in [0.717, 1.165) is 5.56 Å². The molecular formula is C19H28N2O5S. The van der Waals surface area contributed by atoms with Crippen molar-refractivity contribution >= 4 is 21.8 Å². The standard InChI is InChI=1S/C19H28N2O5S/c1-6-14(20-17(23)26-12-13-10-8-7-9-11-13)15(22)21-16-18(2,3)27(24,25)19(16,4)5/h7-11,14,16H,6,12H2,1-5H3,(H,20,23)(H,21,22)/t14-/m1/s1. The largest absolute Gasteiger partial charge is 0.445 e. The maximum atomic E-state index is 12.6. The van der Waals surface area contributed by atoms with Gasteiger partial charge in [-0.1, -0.05) is 37.3 Å². The first kappa shape index (κ1) is 21.2. The van der Waals surface area contributed by atoms with Crippen molar-refractivity contribution in [2.45, 2.75) is 69.2 Å². The molecule has 27 heavy (non-hydrogen) atoms. The van der Waals surface area contributed by atoms with Crippen LogP contribution in [0.1, 0.15) is 46.6 Å². The predicted octanol–water partition coefficient (Wildman–Crippen LogP) is 2.16. The van der Waals surface area contributed by atoms with Gasteiger partial charge in [-0.3, -0.25) is 4.79 Å². The van der Waals surface area contributed by atoms with Crippen LogP contribution >= 0.6 is 0 Å². The van der Waals surface area contributed by atoms with Crippen LogP contribution in [0.4, 0.5) is 4.79 Å². The maximum absolute atomic E-state index is 12.6. The summed E-state index contributed by atoms with van der Waals surface area (Å²) in [5, 5.41) is 5.34. The van der Waals surface area contributed by atoms with Crippen LogP contribution in [0.15, 0.2) is 30.3 Å². The van der Waals surface area contributed by atoms with E-state index >= 15 is 0 Å². The molecule has 0 aliphatic carbocycles. The Bertz CT molecular complexity index is 781. The average Bonchev–Trinajstić information content (AvgIpc) is 2.62. The molecule has 0 aromatic heterocycles. The van der Waals surface area contributed by atoms with Crippen molar-refractivity contribution in [3.8, 4) is 0 Å². The van der Waals surface area contributed by atoms with Gasteiger partial charge in [0.2, 0.25) is 5.91 Å². The average molecular weight is 397 g/mol. The van der Waals surface area contributed by atoms with E-state index in [0.29, 0.717) is 6.42 Å². The number of hydrogen-bond acceptors (Lipinski definition) is 5. The molecule has 1 aromatic carbocycles. The number of alkyl carbamates (subject to hydrolysis) is 1. The molecule has 1 aliphatic heterocycles. The van der Waals surface area contributed by atoms with Crippen LogP contribution in [0, 0.1) is 0 Å². The van der Waals surface area contributed by atoms with E-state index < -0.39 is 43.4 Å². The third kappa shape index (κ3) is 3.81. The van der Waals surface area contributed by atoms with Crippen LogP contribution < -0.4 is 10.6 Å². The van der Waals surface area contributed by atoms with Gasteiger partial charge >= 0.3 is 6.09 Å². The second-order valence-electron chi connectivity index (χ2n) is 7.82. The molecule has 1 aromatic rings. The quantitative estimate of drug-likeness (QED) is 0.767. The van der Waals surface area contributed by atoms with E-state index in [2.05, 4.69) is 10.6 Å². The van der Waals surface area contributed by atoms with E-state index in [4.69, 9.17) is 4.74 Å². The van der Waals surface area contributed by atoms with Crippen LogP contribution in [-0.2, 0) is 26.0 Å². The highest BCUT2D eigenvalue weighted by atomic mass is 32.2. The first-order valence-corrected chi connectivity index (χ1v) is 10.4. The first-order chi connectivity index (χ1) is 12.4. The van der Waals surface area contributed by atoms with Crippen molar-refractivity contribution in [3.63, 3.8) is 0 Å². The zero-order valence-electron chi connectivity index (χ0n) is 16.4. The van der Waals surface area contributed by atoms with Crippen LogP contribution in [0.25, 0.3) is 0 Å². The molecule has 2 amide bonds. The smallest absolute Gasteiger partial charge is 0.408 e. The highest BCUT2D eigenvalue weighted by Gasteiger charge is 2.67. The van der Waals surface area contributed by atoms with Crippen molar-refractivity contribution < 1.29 is 22.7 Å². The molecule has 0 bridgehead atoms. The Morgan fingerprint density at radius 1 is 1.11 bits per heavy atom. The minimum atomic E-state index is -3.35. The number of carbonyl (C=O) groups is 2. The number of sulfone groups is 1. The zero-order valence-corrected chi connectivity index (χ0v) is 17.2. The number of benzene rings is 1. The summed E-state index contributed by atoms with van der Waals surface area (Å²) < 4.78 is 27.8. The summed E-state index contributed by atoms with van der Waals surface area (Å²) in [7, 11) is -3.35. The Labute approximate surface area is 160 Å². The summed E-state index contributed by atoms with van der Waals surface area (Å²) in [4.78, 5) is 24.6. The SMILES string of the molecule is CC[C@@H](NC(=O)OCc1ccccc1)C(=O)NC1C(C)(C)S(=O)(=O)C1(C)C. The van der Waals surface area contributed by atoms with Crippen LogP contribution in [-0.4, -0.2) is 42.0 Å². The van der Waals surface area contributed by atoms with Gasteiger partial charge in [-0.15, -0.1) is 0 Å². The molecule has 0 saturated carbocycles. The molecule has 7 nitrogen and oxygen atoms in total. The van der Waals surface area contributed by atoms with Crippen molar-refractivity contribution in [3.05, 3.63) is 35.9 Å². The zero-order chi connectivity index (χ0) is 20.5. The number of rotatable bonds is 6. The number of carbonyl (C=O) groups excluding carboxylic acids is 2. The third-order valence-corrected chi connectivity index (χ3v) is 8.53. The van der Waals surface area contributed by atoms with Gasteiger partial charge in [-0.05, 0) is 39.7 Å². The number of hydrogen-bond donors (Lipinski definition) is 2.